The highest BCUT2D eigenvalue weighted by atomic mass is 16.1. The molecule has 3 heteroatoms. The van der Waals surface area contributed by atoms with Crippen molar-refractivity contribution in [1.82, 2.24) is 10.2 Å². The average Bonchev–Trinajstić information content (AvgIpc) is 2.05. The fourth-order valence-corrected chi connectivity index (χ4v) is 0.772. The second kappa shape index (κ2) is 3.23. The molecule has 0 aromatic carbocycles. The molecule has 0 aliphatic rings. The summed E-state index contributed by atoms with van der Waals surface area (Å²) in [7, 11) is 0. The maximum atomic E-state index is 10.3. The van der Waals surface area contributed by atoms with Gasteiger partial charge in [0.2, 0.25) is 0 Å². The summed E-state index contributed by atoms with van der Waals surface area (Å²) in [5.74, 6) is 0.393. The van der Waals surface area contributed by atoms with Crippen molar-refractivity contribution >= 4 is 6.29 Å². The first-order chi connectivity index (χ1) is 5.24. The van der Waals surface area contributed by atoms with Crippen LogP contribution in [0.4, 0.5) is 0 Å². The molecule has 0 radical (unpaired) electrons. The van der Waals surface area contributed by atoms with Crippen molar-refractivity contribution < 1.29 is 4.79 Å². The smallest absolute Gasteiger partial charge is 0.170 e. The van der Waals surface area contributed by atoms with Gasteiger partial charge in [-0.25, -0.2) is 0 Å². The van der Waals surface area contributed by atoms with Gasteiger partial charge < -0.3 is 0 Å². The Bertz CT molecular complexity index is 258. The Balaban J connectivity index is 3.00. The van der Waals surface area contributed by atoms with Gasteiger partial charge in [-0.2, -0.15) is 5.10 Å². The standard InChI is InChI=1S/C8H10N2O/c1-6(2)7-3-8(5-11)10-9-4-7/h3-6H,1-2H3. The number of aldehydes is 1. The van der Waals surface area contributed by atoms with Crippen LogP contribution in [0.1, 0.15) is 35.8 Å². The van der Waals surface area contributed by atoms with E-state index in [-0.39, 0.29) is 0 Å². The van der Waals surface area contributed by atoms with Crippen molar-refractivity contribution in [2.45, 2.75) is 19.8 Å². The summed E-state index contributed by atoms with van der Waals surface area (Å²) >= 11 is 0. The van der Waals surface area contributed by atoms with Gasteiger partial charge >= 0.3 is 0 Å². The van der Waals surface area contributed by atoms with Gasteiger partial charge in [0.25, 0.3) is 0 Å². The average molecular weight is 150 g/mol. The lowest BCUT2D eigenvalue weighted by molar-refractivity contribution is 0.111. The molecule has 0 fully saturated rings. The first kappa shape index (κ1) is 7.85. The molecule has 0 atom stereocenters. The summed E-state index contributed by atoms with van der Waals surface area (Å²) in [6.07, 6.45) is 2.39. The zero-order valence-electron chi connectivity index (χ0n) is 6.61. The van der Waals surface area contributed by atoms with E-state index in [1.54, 1.807) is 12.3 Å². The molecule has 0 aliphatic carbocycles. The van der Waals surface area contributed by atoms with Crippen molar-refractivity contribution in [3.63, 3.8) is 0 Å². The Hall–Kier alpha value is -1.25. The van der Waals surface area contributed by atoms with Crippen LogP contribution in [0, 0.1) is 0 Å². The molecule has 0 bridgehead atoms. The zero-order valence-corrected chi connectivity index (χ0v) is 6.61. The van der Waals surface area contributed by atoms with Crippen molar-refractivity contribution in [1.29, 1.82) is 0 Å². The van der Waals surface area contributed by atoms with Gasteiger partial charge in [0, 0.05) is 0 Å². The molecule has 0 spiro atoms. The lowest BCUT2D eigenvalue weighted by atomic mass is 10.1. The lowest BCUT2D eigenvalue weighted by Crippen LogP contribution is -1.95. The molecule has 3 nitrogen and oxygen atoms in total. The van der Waals surface area contributed by atoms with Crippen LogP contribution in [0.25, 0.3) is 0 Å². The fraction of sp³-hybridized carbons (Fsp3) is 0.375. The topological polar surface area (TPSA) is 42.9 Å². The van der Waals surface area contributed by atoms with E-state index in [4.69, 9.17) is 0 Å². The van der Waals surface area contributed by atoms with E-state index in [2.05, 4.69) is 10.2 Å². The van der Waals surface area contributed by atoms with Crippen LogP contribution in [0.2, 0.25) is 0 Å². The molecule has 1 aromatic rings. The van der Waals surface area contributed by atoms with Crippen molar-refractivity contribution in [2.75, 3.05) is 0 Å². The monoisotopic (exact) mass is 150 g/mol. The predicted molar refractivity (Wildman–Crippen MR) is 41.5 cm³/mol. The Labute approximate surface area is 65.5 Å². The molecule has 0 aliphatic heterocycles. The number of carbonyl (C=O) groups is 1. The number of rotatable bonds is 2. The maximum Gasteiger partial charge on any atom is 0.170 e. The van der Waals surface area contributed by atoms with E-state index in [0.29, 0.717) is 17.9 Å². The van der Waals surface area contributed by atoms with Crippen LogP contribution in [0.3, 0.4) is 0 Å². The Morgan fingerprint density at radius 1 is 1.55 bits per heavy atom. The minimum atomic E-state index is 0.393. The van der Waals surface area contributed by atoms with E-state index in [1.165, 1.54) is 0 Å². The van der Waals surface area contributed by atoms with Crippen LogP contribution in [-0.4, -0.2) is 16.5 Å². The first-order valence-electron chi connectivity index (χ1n) is 3.52. The molecule has 1 heterocycles. The molecule has 0 N–H and O–H groups in total. The Kier molecular flexibility index (Phi) is 2.31. The van der Waals surface area contributed by atoms with E-state index < -0.39 is 0 Å². The zero-order chi connectivity index (χ0) is 8.27. The third-order valence-corrected chi connectivity index (χ3v) is 1.48. The highest BCUT2D eigenvalue weighted by Gasteiger charge is 2.00. The molecular weight excluding hydrogens is 140 g/mol. The van der Waals surface area contributed by atoms with Crippen molar-refractivity contribution in [3.05, 3.63) is 23.5 Å². The van der Waals surface area contributed by atoms with E-state index in [0.717, 1.165) is 5.56 Å². The summed E-state index contributed by atoms with van der Waals surface area (Å²) in [6.45, 7) is 4.09. The second-order valence-electron chi connectivity index (χ2n) is 2.69. The van der Waals surface area contributed by atoms with Crippen LogP contribution in [0.5, 0.6) is 0 Å². The van der Waals surface area contributed by atoms with Gasteiger partial charge in [-0.3, -0.25) is 4.79 Å². The van der Waals surface area contributed by atoms with Gasteiger partial charge in [-0.15, -0.1) is 5.10 Å². The highest BCUT2D eigenvalue weighted by molar-refractivity contribution is 5.71. The molecule has 1 aromatic heterocycles. The van der Waals surface area contributed by atoms with Gasteiger partial charge in [0.05, 0.1) is 6.20 Å². The van der Waals surface area contributed by atoms with Crippen LogP contribution in [0.15, 0.2) is 12.3 Å². The quantitative estimate of drug-likeness (QED) is 0.598. The molecular formula is C8H10N2O. The van der Waals surface area contributed by atoms with E-state index in [9.17, 15) is 4.79 Å². The number of carbonyl (C=O) groups excluding carboxylic acids is 1. The van der Waals surface area contributed by atoms with Gasteiger partial charge in [-0.1, -0.05) is 13.8 Å². The molecule has 58 valence electrons. The normalized spacial score (nSPS) is 10.1. The minimum Gasteiger partial charge on any atom is -0.296 e. The Morgan fingerprint density at radius 3 is 2.82 bits per heavy atom. The first-order valence-corrected chi connectivity index (χ1v) is 3.52. The minimum absolute atomic E-state index is 0.393. The van der Waals surface area contributed by atoms with Crippen LogP contribution >= 0.6 is 0 Å². The number of hydrogen-bond acceptors (Lipinski definition) is 3. The molecule has 11 heavy (non-hydrogen) atoms. The van der Waals surface area contributed by atoms with Crippen molar-refractivity contribution in [3.8, 4) is 0 Å². The largest absolute Gasteiger partial charge is 0.296 e. The molecule has 0 saturated carbocycles. The van der Waals surface area contributed by atoms with Gasteiger partial charge in [0.15, 0.2) is 6.29 Å². The van der Waals surface area contributed by atoms with Crippen LogP contribution in [-0.2, 0) is 0 Å². The number of aromatic nitrogens is 2. The van der Waals surface area contributed by atoms with Gasteiger partial charge in [0.1, 0.15) is 5.69 Å². The Morgan fingerprint density at radius 2 is 2.27 bits per heavy atom. The second-order valence-corrected chi connectivity index (χ2v) is 2.69. The van der Waals surface area contributed by atoms with Crippen molar-refractivity contribution in [2.24, 2.45) is 0 Å². The summed E-state index contributed by atoms with van der Waals surface area (Å²) in [4.78, 5) is 10.3. The molecule has 0 saturated heterocycles. The predicted octanol–water partition coefficient (Wildman–Crippen LogP) is 1.41. The highest BCUT2D eigenvalue weighted by Crippen LogP contribution is 2.11. The third kappa shape index (κ3) is 1.83. The maximum absolute atomic E-state index is 10.3. The van der Waals surface area contributed by atoms with Gasteiger partial charge in [-0.05, 0) is 17.5 Å². The number of nitrogens with zero attached hydrogens (tertiary/aromatic N) is 2. The van der Waals surface area contributed by atoms with Crippen LogP contribution < -0.4 is 0 Å². The lowest BCUT2D eigenvalue weighted by Gasteiger charge is -2.02. The fourth-order valence-electron chi connectivity index (χ4n) is 0.772. The molecule has 0 unspecified atom stereocenters. The SMILES string of the molecule is CC(C)c1cnnc(C=O)c1. The van der Waals surface area contributed by atoms with E-state index in [1.807, 2.05) is 13.8 Å². The number of hydrogen-bond donors (Lipinski definition) is 0. The molecule has 0 amide bonds. The van der Waals surface area contributed by atoms with E-state index >= 15 is 0 Å². The molecule has 1 rings (SSSR count). The summed E-state index contributed by atoms with van der Waals surface area (Å²) in [6, 6.07) is 1.75. The summed E-state index contributed by atoms with van der Waals surface area (Å²) in [5.41, 5.74) is 1.44. The summed E-state index contributed by atoms with van der Waals surface area (Å²) < 4.78 is 0. The third-order valence-electron chi connectivity index (χ3n) is 1.48. The summed E-state index contributed by atoms with van der Waals surface area (Å²) in [5, 5.41) is 7.32.